The molecule has 1 atom stereocenters. The summed E-state index contributed by atoms with van der Waals surface area (Å²) in [5, 5.41) is 10.1. The van der Waals surface area contributed by atoms with Gasteiger partial charge in [0.25, 0.3) is 0 Å². The van der Waals surface area contributed by atoms with Crippen molar-refractivity contribution >= 4 is 21.8 Å². The van der Waals surface area contributed by atoms with E-state index in [-0.39, 0.29) is 5.91 Å². The highest BCUT2D eigenvalue weighted by atomic mass is 79.9. The first-order chi connectivity index (χ1) is 8.91. The predicted molar refractivity (Wildman–Crippen MR) is 78.9 cm³/mol. The van der Waals surface area contributed by atoms with Gasteiger partial charge in [0, 0.05) is 11.0 Å². The summed E-state index contributed by atoms with van der Waals surface area (Å²) in [6.45, 7) is 4.62. The van der Waals surface area contributed by atoms with Gasteiger partial charge in [-0.1, -0.05) is 28.1 Å². The van der Waals surface area contributed by atoms with E-state index in [4.69, 9.17) is 0 Å². The zero-order valence-corrected chi connectivity index (χ0v) is 13.0. The first-order valence-electron chi connectivity index (χ1n) is 6.64. The van der Waals surface area contributed by atoms with Crippen molar-refractivity contribution in [3.8, 4) is 0 Å². The van der Waals surface area contributed by atoms with Gasteiger partial charge in [0.05, 0.1) is 18.1 Å². The third kappa shape index (κ3) is 3.18. The van der Waals surface area contributed by atoms with E-state index in [9.17, 15) is 9.90 Å². The Bertz CT molecular complexity index is 456. The molecule has 0 bridgehead atoms. The van der Waals surface area contributed by atoms with E-state index in [2.05, 4.69) is 15.9 Å². The molecule has 1 fully saturated rings. The van der Waals surface area contributed by atoms with Gasteiger partial charge in [-0.15, -0.1) is 0 Å². The van der Waals surface area contributed by atoms with E-state index in [1.807, 2.05) is 43.0 Å². The highest BCUT2D eigenvalue weighted by molar-refractivity contribution is 9.10. The highest BCUT2D eigenvalue weighted by Gasteiger charge is 2.39. The minimum absolute atomic E-state index is 0.0890. The van der Waals surface area contributed by atoms with Crippen LogP contribution in [0.5, 0.6) is 0 Å². The van der Waals surface area contributed by atoms with Crippen molar-refractivity contribution in [2.24, 2.45) is 0 Å². The number of halogens is 1. The standard InChI is InChI=1S/C15H20BrNO2/c1-15(2)13(18)4-3-9-17(15)14(19)10-11-5-7-12(16)8-6-11/h5-8,13,18H,3-4,9-10H2,1-2H3. The lowest BCUT2D eigenvalue weighted by Gasteiger charge is -2.46. The molecule has 1 aromatic rings. The Hall–Kier alpha value is -0.870. The average Bonchev–Trinajstić information content (AvgIpc) is 2.35. The minimum atomic E-state index is -0.468. The van der Waals surface area contributed by atoms with Crippen LogP contribution in [-0.4, -0.2) is 34.1 Å². The molecule has 1 heterocycles. The third-order valence-corrected chi connectivity index (χ3v) is 4.47. The van der Waals surface area contributed by atoms with Crippen LogP contribution in [0.3, 0.4) is 0 Å². The zero-order chi connectivity index (χ0) is 14.0. The molecule has 2 rings (SSSR count). The second kappa shape index (κ2) is 5.63. The maximum absolute atomic E-state index is 12.4. The van der Waals surface area contributed by atoms with Gasteiger partial charge in [0.15, 0.2) is 0 Å². The van der Waals surface area contributed by atoms with Crippen molar-refractivity contribution in [1.82, 2.24) is 4.90 Å². The van der Waals surface area contributed by atoms with Crippen LogP contribution in [0.1, 0.15) is 32.3 Å². The number of benzene rings is 1. The van der Waals surface area contributed by atoms with Gasteiger partial charge in [-0.05, 0) is 44.4 Å². The molecule has 1 saturated heterocycles. The number of amides is 1. The van der Waals surface area contributed by atoms with Gasteiger partial charge >= 0.3 is 0 Å². The molecule has 0 spiro atoms. The molecule has 1 aromatic carbocycles. The Labute approximate surface area is 122 Å². The zero-order valence-electron chi connectivity index (χ0n) is 11.4. The summed E-state index contributed by atoms with van der Waals surface area (Å²) >= 11 is 3.39. The van der Waals surface area contributed by atoms with Gasteiger partial charge in [0.1, 0.15) is 0 Å². The van der Waals surface area contributed by atoms with Gasteiger partial charge < -0.3 is 10.0 Å². The molecule has 19 heavy (non-hydrogen) atoms. The predicted octanol–water partition coefficient (Wildman–Crippen LogP) is 2.75. The lowest BCUT2D eigenvalue weighted by molar-refractivity contribution is -0.144. The second-order valence-electron chi connectivity index (χ2n) is 5.66. The summed E-state index contributed by atoms with van der Waals surface area (Å²) in [6, 6.07) is 7.79. The fourth-order valence-electron chi connectivity index (χ4n) is 2.58. The van der Waals surface area contributed by atoms with Crippen molar-refractivity contribution < 1.29 is 9.90 Å². The summed E-state index contributed by atoms with van der Waals surface area (Å²) in [7, 11) is 0. The monoisotopic (exact) mass is 325 g/mol. The number of nitrogens with zero attached hydrogens (tertiary/aromatic N) is 1. The number of aliphatic hydroxyl groups is 1. The summed E-state index contributed by atoms with van der Waals surface area (Å²) in [6.07, 6.45) is 1.60. The van der Waals surface area contributed by atoms with Crippen LogP contribution in [0, 0.1) is 0 Å². The van der Waals surface area contributed by atoms with E-state index in [1.54, 1.807) is 0 Å². The molecule has 104 valence electrons. The summed E-state index contributed by atoms with van der Waals surface area (Å²) in [5.41, 5.74) is 0.536. The molecule has 0 aromatic heterocycles. The van der Waals surface area contributed by atoms with Crippen molar-refractivity contribution in [1.29, 1.82) is 0 Å². The number of aliphatic hydroxyl groups excluding tert-OH is 1. The molecule has 0 aliphatic carbocycles. The van der Waals surface area contributed by atoms with Gasteiger partial charge in [-0.3, -0.25) is 4.79 Å². The maximum Gasteiger partial charge on any atom is 0.227 e. The Balaban J connectivity index is 2.09. The lowest BCUT2D eigenvalue weighted by atomic mass is 9.87. The van der Waals surface area contributed by atoms with E-state index >= 15 is 0 Å². The molecular formula is C15H20BrNO2. The van der Waals surface area contributed by atoms with Crippen LogP contribution in [0.15, 0.2) is 28.7 Å². The number of carbonyl (C=O) groups excluding carboxylic acids is 1. The van der Waals surface area contributed by atoms with Gasteiger partial charge in [0.2, 0.25) is 5.91 Å². The molecule has 0 radical (unpaired) electrons. The topological polar surface area (TPSA) is 40.5 Å². The van der Waals surface area contributed by atoms with E-state index in [1.165, 1.54) is 0 Å². The number of hydrogen-bond acceptors (Lipinski definition) is 2. The van der Waals surface area contributed by atoms with Crippen molar-refractivity contribution in [3.63, 3.8) is 0 Å². The van der Waals surface area contributed by atoms with Crippen LogP contribution in [0.25, 0.3) is 0 Å². The number of likely N-dealkylation sites (tertiary alicyclic amines) is 1. The van der Waals surface area contributed by atoms with Crippen molar-refractivity contribution in [2.45, 2.75) is 44.8 Å². The van der Waals surface area contributed by atoms with Crippen LogP contribution in [0.4, 0.5) is 0 Å². The summed E-state index contributed by atoms with van der Waals surface area (Å²) in [5.74, 6) is 0.0890. The summed E-state index contributed by atoms with van der Waals surface area (Å²) in [4.78, 5) is 14.2. The molecule has 4 heteroatoms. The van der Waals surface area contributed by atoms with E-state index in [0.29, 0.717) is 6.42 Å². The smallest absolute Gasteiger partial charge is 0.227 e. The van der Waals surface area contributed by atoms with Crippen LogP contribution >= 0.6 is 15.9 Å². The Morgan fingerprint density at radius 1 is 1.42 bits per heavy atom. The molecule has 1 unspecified atom stereocenters. The lowest BCUT2D eigenvalue weighted by Crippen LogP contribution is -2.58. The summed E-state index contributed by atoms with van der Waals surface area (Å²) < 4.78 is 1.01. The van der Waals surface area contributed by atoms with Crippen molar-refractivity contribution in [2.75, 3.05) is 6.54 Å². The minimum Gasteiger partial charge on any atom is -0.391 e. The molecule has 1 N–H and O–H groups in total. The average molecular weight is 326 g/mol. The first kappa shape index (κ1) is 14.5. The van der Waals surface area contributed by atoms with Gasteiger partial charge in [-0.25, -0.2) is 0 Å². The SMILES string of the molecule is CC1(C)C(O)CCCN1C(=O)Cc1ccc(Br)cc1. The highest BCUT2D eigenvalue weighted by Crippen LogP contribution is 2.28. The molecule has 3 nitrogen and oxygen atoms in total. The fourth-order valence-corrected chi connectivity index (χ4v) is 2.85. The molecule has 1 amide bonds. The molecule has 0 saturated carbocycles. The molecular weight excluding hydrogens is 306 g/mol. The molecule has 1 aliphatic rings. The van der Waals surface area contributed by atoms with Crippen LogP contribution < -0.4 is 0 Å². The normalized spacial score (nSPS) is 22.3. The largest absolute Gasteiger partial charge is 0.391 e. The number of piperidine rings is 1. The Morgan fingerprint density at radius 2 is 2.05 bits per heavy atom. The van der Waals surface area contributed by atoms with Crippen LogP contribution in [-0.2, 0) is 11.2 Å². The third-order valence-electron chi connectivity index (χ3n) is 3.94. The molecule has 1 aliphatic heterocycles. The maximum atomic E-state index is 12.4. The number of rotatable bonds is 2. The Kier molecular flexibility index (Phi) is 4.31. The van der Waals surface area contributed by atoms with Crippen molar-refractivity contribution in [3.05, 3.63) is 34.3 Å². The second-order valence-corrected chi connectivity index (χ2v) is 6.58. The van der Waals surface area contributed by atoms with Gasteiger partial charge in [-0.2, -0.15) is 0 Å². The van der Waals surface area contributed by atoms with E-state index < -0.39 is 11.6 Å². The van der Waals surface area contributed by atoms with Crippen LogP contribution in [0.2, 0.25) is 0 Å². The fraction of sp³-hybridized carbons (Fsp3) is 0.533. The number of hydrogen-bond donors (Lipinski definition) is 1. The quantitative estimate of drug-likeness (QED) is 0.908. The van der Waals surface area contributed by atoms with E-state index in [0.717, 1.165) is 29.4 Å². The first-order valence-corrected chi connectivity index (χ1v) is 7.43. The number of carbonyl (C=O) groups is 1. The Morgan fingerprint density at radius 3 is 2.68 bits per heavy atom.